The number of anilines is 1. The molecule has 1 aliphatic heterocycles. The van der Waals surface area contributed by atoms with Crippen molar-refractivity contribution in [3.05, 3.63) is 54.2 Å². The molecule has 138 valence electrons. The van der Waals surface area contributed by atoms with Gasteiger partial charge in [0.05, 0.1) is 6.61 Å². The van der Waals surface area contributed by atoms with Crippen molar-refractivity contribution in [1.82, 2.24) is 15.2 Å². The van der Waals surface area contributed by atoms with Gasteiger partial charge in [0.1, 0.15) is 0 Å². The summed E-state index contributed by atoms with van der Waals surface area (Å²) in [5.41, 5.74) is 2.32. The third-order valence-electron chi connectivity index (χ3n) is 4.48. The smallest absolute Gasteiger partial charge is 0.218 e. The number of pyridine rings is 1. The second kappa shape index (κ2) is 9.08. The van der Waals surface area contributed by atoms with Gasteiger partial charge in [-0.15, -0.1) is 0 Å². The van der Waals surface area contributed by atoms with E-state index in [2.05, 4.69) is 55.4 Å². The minimum atomic E-state index is 0.611. The van der Waals surface area contributed by atoms with Crippen LogP contribution in [0.4, 0.5) is 5.69 Å². The standard InChI is InChI=1S/C20H27N5O/c1-3-26-19-17(8-7-11-22-19)16-23-20(21-2)25-14-12-24(13-15-25)18-9-5-4-6-10-18/h4-11H,3,12-16H2,1-2H3,(H,21,23). The van der Waals surface area contributed by atoms with E-state index in [4.69, 9.17) is 4.74 Å². The lowest BCUT2D eigenvalue weighted by Crippen LogP contribution is -2.52. The molecule has 3 rings (SSSR count). The maximum Gasteiger partial charge on any atom is 0.218 e. The van der Waals surface area contributed by atoms with Crippen LogP contribution in [0.3, 0.4) is 0 Å². The molecule has 0 unspecified atom stereocenters. The molecule has 26 heavy (non-hydrogen) atoms. The van der Waals surface area contributed by atoms with Crippen molar-refractivity contribution < 1.29 is 4.74 Å². The van der Waals surface area contributed by atoms with Crippen molar-refractivity contribution in [2.24, 2.45) is 4.99 Å². The molecule has 1 aliphatic rings. The van der Waals surface area contributed by atoms with Crippen molar-refractivity contribution in [1.29, 1.82) is 0 Å². The van der Waals surface area contributed by atoms with Crippen molar-refractivity contribution in [2.45, 2.75) is 13.5 Å². The summed E-state index contributed by atoms with van der Waals surface area (Å²) in [7, 11) is 1.83. The number of hydrogen-bond donors (Lipinski definition) is 1. The Morgan fingerprint density at radius 1 is 1.12 bits per heavy atom. The Kier molecular flexibility index (Phi) is 6.30. The van der Waals surface area contributed by atoms with E-state index in [-0.39, 0.29) is 0 Å². The molecule has 0 radical (unpaired) electrons. The summed E-state index contributed by atoms with van der Waals surface area (Å²) >= 11 is 0. The van der Waals surface area contributed by atoms with Crippen LogP contribution in [-0.2, 0) is 6.54 Å². The second-order valence-corrected chi connectivity index (χ2v) is 6.11. The molecule has 2 heterocycles. The number of benzene rings is 1. The molecule has 1 N–H and O–H groups in total. The fraction of sp³-hybridized carbons (Fsp3) is 0.400. The molecule has 1 saturated heterocycles. The van der Waals surface area contributed by atoms with E-state index in [9.17, 15) is 0 Å². The van der Waals surface area contributed by atoms with Crippen LogP contribution in [0.2, 0.25) is 0 Å². The molecular formula is C20H27N5O. The molecule has 0 amide bonds. The molecule has 2 aromatic rings. The summed E-state index contributed by atoms with van der Waals surface area (Å²) in [6.07, 6.45) is 1.76. The zero-order chi connectivity index (χ0) is 18.2. The maximum atomic E-state index is 5.60. The van der Waals surface area contributed by atoms with Gasteiger partial charge in [0, 0.05) is 57.2 Å². The molecular weight excluding hydrogens is 326 g/mol. The zero-order valence-corrected chi connectivity index (χ0v) is 15.6. The van der Waals surface area contributed by atoms with Crippen LogP contribution >= 0.6 is 0 Å². The van der Waals surface area contributed by atoms with Gasteiger partial charge in [0.25, 0.3) is 0 Å². The Balaban J connectivity index is 1.56. The largest absolute Gasteiger partial charge is 0.478 e. The van der Waals surface area contributed by atoms with Crippen LogP contribution in [0.5, 0.6) is 5.88 Å². The summed E-state index contributed by atoms with van der Waals surface area (Å²) in [6, 6.07) is 14.5. The lowest BCUT2D eigenvalue weighted by Gasteiger charge is -2.37. The lowest BCUT2D eigenvalue weighted by atomic mass is 10.2. The van der Waals surface area contributed by atoms with Gasteiger partial charge in [-0.3, -0.25) is 4.99 Å². The first kappa shape index (κ1) is 18.0. The first-order chi connectivity index (χ1) is 12.8. The molecule has 6 heteroatoms. The summed E-state index contributed by atoms with van der Waals surface area (Å²) in [5.74, 6) is 1.61. The van der Waals surface area contributed by atoms with E-state index in [0.717, 1.165) is 37.7 Å². The fourth-order valence-corrected chi connectivity index (χ4v) is 3.15. The van der Waals surface area contributed by atoms with Gasteiger partial charge in [0.15, 0.2) is 5.96 Å². The molecule has 1 aromatic heterocycles. The number of ether oxygens (including phenoxy) is 1. The number of rotatable bonds is 5. The summed E-state index contributed by atoms with van der Waals surface area (Å²) < 4.78 is 5.60. The van der Waals surface area contributed by atoms with Crippen LogP contribution in [-0.4, -0.2) is 55.7 Å². The van der Waals surface area contributed by atoms with Crippen molar-refractivity contribution in [2.75, 3.05) is 44.7 Å². The van der Waals surface area contributed by atoms with Crippen LogP contribution in [0, 0.1) is 0 Å². The van der Waals surface area contributed by atoms with Crippen molar-refractivity contribution in [3.8, 4) is 5.88 Å². The Morgan fingerprint density at radius 2 is 1.88 bits per heavy atom. The monoisotopic (exact) mass is 353 g/mol. The second-order valence-electron chi connectivity index (χ2n) is 6.11. The number of nitrogens with zero attached hydrogens (tertiary/aromatic N) is 4. The quantitative estimate of drug-likeness (QED) is 0.661. The SMILES string of the molecule is CCOc1ncccc1CNC(=NC)N1CCN(c2ccccc2)CC1. The Hall–Kier alpha value is -2.76. The minimum absolute atomic E-state index is 0.611. The third-order valence-corrected chi connectivity index (χ3v) is 4.48. The molecule has 6 nitrogen and oxygen atoms in total. The number of para-hydroxylation sites is 1. The topological polar surface area (TPSA) is 53.0 Å². The number of hydrogen-bond acceptors (Lipinski definition) is 4. The first-order valence-electron chi connectivity index (χ1n) is 9.14. The molecule has 0 bridgehead atoms. The maximum absolute atomic E-state index is 5.60. The van der Waals surface area contributed by atoms with Crippen LogP contribution < -0.4 is 15.0 Å². The van der Waals surface area contributed by atoms with Gasteiger partial charge < -0.3 is 19.9 Å². The third kappa shape index (κ3) is 4.45. The van der Waals surface area contributed by atoms with Crippen LogP contribution in [0.25, 0.3) is 0 Å². The van der Waals surface area contributed by atoms with E-state index in [1.165, 1.54) is 5.69 Å². The molecule has 0 spiro atoms. The Bertz CT molecular complexity index is 711. The molecule has 1 fully saturated rings. The van der Waals surface area contributed by atoms with Gasteiger partial charge in [0.2, 0.25) is 5.88 Å². The predicted octanol–water partition coefficient (Wildman–Crippen LogP) is 2.38. The normalized spacial score (nSPS) is 15.1. The number of nitrogens with one attached hydrogen (secondary N) is 1. The highest BCUT2D eigenvalue weighted by molar-refractivity contribution is 5.80. The summed E-state index contributed by atoms with van der Waals surface area (Å²) in [4.78, 5) is 13.5. The van der Waals surface area contributed by atoms with Gasteiger partial charge in [-0.2, -0.15) is 0 Å². The van der Waals surface area contributed by atoms with Crippen LogP contribution in [0.1, 0.15) is 12.5 Å². The molecule has 0 atom stereocenters. The number of aromatic nitrogens is 1. The molecule has 0 saturated carbocycles. The number of guanidine groups is 1. The minimum Gasteiger partial charge on any atom is -0.478 e. The average Bonchev–Trinajstić information content (AvgIpc) is 2.71. The van der Waals surface area contributed by atoms with E-state index < -0.39 is 0 Å². The fourth-order valence-electron chi connectivity index (χ4n) is 3.15. The average molecular weight is 353 g/mol. The molecule has 1 aromatic carbocycles. The predicted molar refractivity (Wildman–Crippen MR) is 106 cm³/mol. The van der Waals surface area contributed by atoms with Crippen LogP contribution in [0.15, 0.2) is 53.7 Å². The highest BCUT2D eigenvalue weighted by atomic mass is 16.5. The zero-order valence-electron chi connectivity index (χ0n) is 15.6. The number of piperazine rings is 1. The Morgan fingerprint density at radius 3 is 2.58 bits per heavy atom. The van der Waals surface area contributed by atoms with Gasteiger partial charge in [-0.25, -0.2) is 4.98 Å². The number of aliphatic imine (C=N–C) groups is 1. The van der Waals surface area contributed by atoms with E-state index >= 15 is 0 Å². The lowest BCUT2D eigenvalue weighted by molar-refractivity contribution is 0.322. The van der Waals surface area contributed by atoms with Gasteiger partial charge >= 0.3 is 0 Å². The highest BCUT2D eigenvalue weighted by Gasteiger charge is 2.20. The van der Waals surface area contributed by atoms with E-state index in [0.29, 0.717) is 19.0 Å². The Labute approximate surface area is 155 Å². The van der Waals surface area contributed by atoms with Gasteiger partial charge in [-0.1, -0.05) is 24.3 Å². The first-order valence-corrected chi connectivity index (χ1v) is 9.14. The van der Waals surface area contributed by atoms with E-state index in [1.807, 2.05) is 26.1 Å². The van der Waals surface area contributed by atoms with Crippen molar-refractivity contribution in [3.63, 3.8) is 0 Å². The van der Waals surface area contributed by atoms with Gasteiger partial charge in [-0.05, 0) is 25.1 Å². The summed E-state index contributed by atoms with van der Waals surface area (Å²) in [5, 5.41) is 3.45. The highest BCUT2D eigenvalue weighted by Crippen LogP contribution is 2.16. The summed E-state index contributed by atoms with van der Waals surface area (Å²) in [6.45, 7) is 7.09. The van der Waals surface area contributed by atoms with Crippen molar-refractivity contribution >= 4 is 11.6 Å². The molecule has 0 aliphatic carbocycles. The van der Waals surface area contributed by atoms with E-state index in [1.54, 1.807) is 6.20 Å².